The number of anilines is 1. The van der Waals surface area contributed by atoms with Crippen molar-refractivity contribution in [1.29, 1.82) is 0 Å². The zero-order valence-electron chi connectivity index (χ0n) is 9.88. The Morgan fingerprint density at radius 3 is 2.89 bits per heavy atom. The van der Waals surface area contributed by atoms with Gasteiger partial charge in [0, 0.05) is 6.20 Å². The maximum atomic E-state index is 11.5. The predicted molar refractivity (Wildman–Crippen MR) is 73.2 cm³/mol. The van der Waals surface area contributed by atoms with Crippen LogP contribution in [0.1, 0.15) is 18.9 Å². The van der Waals surface area contributed by atoms with Crippen molar-refractivity contribution in [1.82, 2.24) is 9.97 Å². The van der Waals surface area contributed by atoms with Crippen LogP contribution in [-0.4, -0.2) is 40.4 Å². The minimum atomic E-state index is -2.98. The highest BCUT2D eigenvalue weighted by Gasteiger charge is 2.38. The number of thiocarbonyl (C=S) groups is 1. The van der Waals surface area contributed by atoms with Crippen LogP contribution < -0.4 is 11.1 Å². The van der Waals surface area contributed by atoms with Crippen molar-refractivity contribution in [2.75, 3.05) is 16.8 Å². The zero-order chi connectivity index (χ0) is 13.4. The average molecular weight is 286 g/mol. The van der Waals surface area contributed by atoms with E-state index in [0.717, 1.165) is 0 Å². The molecule has 1 aliphatic rings. The summed E-state index contributed by atoms with van der Waals surface area (Å²) in [5, 5.41) is 3.13. The van der Waals surface area contributed by atoms with Gasteiger partial charge in [-0.15, -0.1) is 0 Å². The average Bonchev–Trinajstić information content (AvgIpc) is 2.53. The molecular weight excluding hydrogens is 272 g/mol. The summed E-state index contributed by atoms with van der Waals surface area (Å²) in [7, 11) is -2.98. The van der Waals surface area contributed by atoms with E-state index in [1.807, 2.05) is 6.92 Å². The van der Waals surface area contributed by atoms with Crippen LogP contribution >= 0.6 is 12.2 Å². The summed E-state index contributed by atoms with van der Waals surface area (Å²) >= 11 is 4.91. The van der Waals surface area contributed by atoms with E-state index in [0.29, 0.717) is 17.8 Å². The standard InChI is InChI=1S/C10H14N4O2S2/c1-10(2-3-18(15,16)5-10)14-9-7(8(11)17)4-12-6-13-9/h4,6H,2-3,5H2,1H3,(H2,11,17)(H,12,13,14). The number of aromatic nitrogens is 2. The molecule has 0 radical (unpaired) electrons. The Hall–Kier alpha value is -1.28. The molecule has 1 aliphatic heterocycles. The highest BCUT2D eigenvalue weighted by Crippen LogP contribution is 2.27. The lowest BCUT2D eigenvalue weighted by atomic mass is 10.0. The van der Waals surface area contributed by atoms with Gasteiger partial charge in [0.25, 0.3) is 0 Å². The summed E-state index contributed by atoms with van der Waals surface area (Å²) in [6.07, 6.45) is 3.43. The van der Waals surface area contributed by atoms with Crippen LogP contribution in [0.2, 0.25) is 0 Å². The second-order valence-corrected chi connectivity index (χ2v) is 7.30. The Bertz CT molecular complexity index is 587. The van der Waals surface area contributed by atoms with Crippen molar-refractivity contribution < 1.29 is 8.42 Å². The van der Waals surface area contributed by atoms with E-state index in [4.69, 9.17) is 18.0 Å². The maximum Gasteiger partial charge on any atom is 0.152 e. The Kier molecular flexibility index (Phi) is 3.24. The minimum Gasteiger partial charge on any atom is -0.389 e. The van der Waals surface area contributed by atoms with Gasteiger partial charge in [-0.3, -0.25) is 0 Å². The third-order valence-electron chi connectivity index (χ3n) is 2.90. The number of hydrogen-bond acceptors (Lipinski definition) is 6. The monoisotopic (exact) mass is 286 g/mol. The summed E-state index contributed by atoms with van der Waals surface area (Å²) in [5.74, 6) is 0.752. The molecule has 0 aliphatic carbocycles. The first-order valence-electron chi connectivity index (χ1n) is 5.40. The molecule has 1 aromatic rings. The molecule has 98 valence electrons. The minimum absolute atomic E-state index is 0.0841. The molecule has 1 unspecified atom stereocenters. The number of rotatable bonds is 3. The molecule has 3 N–H and O–H groups in total. The number of nitrogens with zero attached hydrogens (tertiary/aromatic N) is 2. The van der Waals surface area contributed by atoms with Crippen molar-refractivity contribution in [3.05, 3.63) is 18.1 Å². The van der Waals surface area contributed by atoms with E-state index < -0.39 is 15.4 Å². The van der Waals surface area contributed by atoms with E-state index in [1.54, 1.807) is 0 Å². The summed E-state index contributed by atoms with van der Waals surface area (Å²) in [6, 6.07) is 0. The van der Waals surface area contributed by atoms with Gasteiger partial charge in [-0.2, -0.15) is 0 Å². The first kappa shape index (κ1) is 13.2. The fraction of sp³-hybridized carbons (Fsp3) is 0.500. The third-order valence-corrected chi connectivity index (χ3v) is 5.02. The second-order valence-electron chi connectivity index (χ2n) is 4.68. The summed E-state index contributed by atoms with van der Waals surface area (Å²) < 4.78 is 23.1. The Morgan fingerprint density at radius 2 is 2.33 bits per heavy atom. The van der Waals surface area contributed by atoms with Gasteiger partial charge < -0.3 is 11.1 Å². The Balaban J connectivity index is 2.28. The van der Waals surface area contributed by atoms with E-state index in [-0.39, 0.29) is 16.5 Å². The Labute approximate surface area is 111 Å². The normalized spacial score (nSPS) is 25.8. The van der Waals surface area contributed by atoms with Crippen LogP contribution in [0.25, 0.3) is 0 Å². The molecule has 0 spiro atoms. The first-order valence-corrected chi connectivity index (χ1v) is 7.63. The van der Waals surface area contributed by atoms with E-state index in [9.17, 15) is 8.42 Å². The highest BCUT2D eigenvalue weighted by atomic mass is 32.2. The number of hydrogen-bond donors (Lipinski definition) is 2. The van der Waals surface area contributed by atoms with E-state index >= 15 is 0 Å². The molecule has 6 nitrogen and oxygen atoms in total. The van der Waals surface area contributed by atoms with Gasteiger partial charge in [-0.05, 0) is 13.3 Å². The molecule has 0 aromatic carbocycles. The highest BCUT2D eigenvalue weighted by molar-refractivity contribution is 7.91. The molecule has 0 saturated carbocycles. The lowest BCUT2D eigenvalue weighted by Crippen LogP contribution is -2.37. The molecule has 8 heteroatoms. The number of sulfone groups is 1. The summed E-state index contributed by atoms with van der Waals surface area (Å²) in [4.78, 5) is 8.11. The van der Waals surface area contributed by atoms with Crippen molar-refractivity contribution in [3.63, 3.8) is 0 Å². The molecule has 0 amide bonds. The largest absolute Gasteiger partial charge is 0.389 e. The van der Waals surface area contributed by atoms with Crippen LogP contribution in [0.3, 0.4) is 0 Å². The van der Waals surface area contributed by atoms with Crippen molar-refractivity contribution in [3.8, 4) is 0 Å². The molecule has 1 atom stereocenters. The van der Waals surface area contributed by atoms with Gasteiger partial charge >= 0.3 is 0 Å². The number of nitrogens with two attached hydrogens (primary N) is 1. The predicted octanol–water partition coefficient (Wildman–Crippen LogP) is 0.0999. The van der Waals surface area contributed by atoms with Crippen LogP contribution in [0, 0.1) is 0 Å². The molecule has 1 fully saturated rings. The van der Waals surface area contributed by atoms with Crippen molar-refractivity contribution in [2.45, 2.75) is 18.9 Å². The molecule has 1 saturated heterocycles. The zero-order valence-corrected chi connectivity index (χ0v) is 11.5. The van der Waals surface area contributed by atoms with Crippen LogP contribution in [0.5, 0.6) is 0 Å². The molecule has 0 bridgehead atoms. The fourth-order valence-corrected chi connectivity index (χ4v) is 4.25. The molecular formula is C10H14N4O2S2. The van der Waals surface area contributed by atoms with Crippen molar-refractivity contribution >= 4 is 32.9 Å². The third kappa shape index (κ3) is 2.75. The molecule has 2 heterocycles. The van der Waals surface area contributed by atoms with Crippen LogP contribution in [0.4, 0.5) is 5.82 Å². The molecule has 18 heavy (non-hydrogen) atoms. The van der Waals surface area contributed by atoms with Crippen LogP contribution in [0.15, 0.2) is 12.5 Å². The quantitative estimate of drug-likeness (QED) is 0.760. The molecule has 1 aromatic heterocycles. The SMILES string of the molecule is CC1(Nc2ncncc2C(N)=S)CCS(=O)(=O)C1. The van der Waals surface area contributed by atoms with Gasteiger partial charge in [0.05, 0.1) is 22.6 Å². The summed E-state index contributed by atoms with van der Waals surface area (Å²) in [6.45, 7) is 1.85. The van der Waals surface area contributed by atoms with Gasteiger partial charge in [-0.1, -0.05) is 12.2 Å². The van der Waals surface area contributed by atoms with E-state index in [2.05, 4.69) is 15.3 Å². The number of nitrogens with one attached hydrogen (secondary N) is 1. The van der Waals surface area contributed by atoms with Gasteiger partial charge in [0.15, 0.2) is 9.84 Å². The fourth-order valence-electron chi connectivity index (χ4n) is 2.00. The summed E-state index contributed by atoms with van der Waals surface area (Å²) in [5.41, 5.74) is 5.57. The van der Waals surface area contributed by atoms with Gasteiger partial charge in [0.2, 0.25) is 0 Å². The lowest BCUT2D eigenvalue weighted by Gasteiger charge is -2.25. The lowest BCUT2D eigenvalue weighted by molar-refractivity contribution is 0.571. The molecule has 2 rings (SSSR count). The Morgan fingerprint density at radius 1 is 1.61 bits per heavy atom. The topological polar surface area (TPSA) is 98.0 Å². The first-order chi connectivity index (χ1) is 8.31. The smallest absolute Gasteiger partial charge is 0.152 e. The maximum absolute atomic E-state index is 11.5. The van der Waals surface area contributed by atoms with Gasteiger partial charge in [0.1, 0.15) is 17.1 Å². The van der Waals surface area contributed by atoms with Crippen LogP contribution in [-0.2, 0) is 9.84 Å². The van der Waals surface area contributed by atoms with E-state index in [1.165, 1.54) is 12.5 Å². The second kappa shape index (κ2) is 4.43. The van der Waals surface area contributed by atoms with Crippen molar-refractivity contribution in [2.24, 2.45) is 5.73 Å². The van der Waals surface area contributed by atoms with Gasteiger partial charge in [-0.25, -0.2) is 18.4 Å².